The summed E-state index contributed by atoms with van der Waals surface area (Å²) in [5.41, 5.74) is 6.30. The highest BCUT2D eigenvalue weighted by Gasteiger charge is 2.25. The van der Waals surface area contributed by atoms with E-state index in [2.05, 4.69) is 84.3 Å². The molecule has 152 valence electrons. The molecule has 4 rings (SSSR count). The quantitative estimate of drug-likeness (QED) is 0.512. The molecule has 1 heterocycles. The minimum atomic E-state index is 0.507. The van der Waals surface area contributed by atoms with Gasteiger partial charge in [0, 0.05) is 42.4 Å². The lowest BCUT2D eigenvalue weighted by Crippen LogP contribution is -2.43. The number of fused-ring (bicyclic) bond motifs is 1. The molecule has 0 atom stereocenters. The number of thiocarbonyl (C=S) groups is 1. The van der Waals surface area contributed by atoms with Crippen molar-refractivity contribution in [3.05, 3.63) is 65.4 Å². The Balaban J connectivity index is 1.64. The van der Waals surface area contributed by atoms with Gasteiger partial charge in [0.25, 0.3) is 0 Å². The first-order valence-electron chi connectivity index (χ1n) is 10.7. The number of hydrogen-bond donors (Lipinski definition) is 1. The number of rotatable bonds is 4. The number of aryl methyl sites for hydroxylation is 2. The first-order chi connectivity index (χ1) is 14.0. The van der Waals surface area contributed by atoms with Gasteiger partial charge in [-0.3, -0.25) is 0 Å². The van der Waals surface area contributed by atoms with Gasteiger partial charge in [-0.1, -0.05) is 49.6 Å². The van der Waals surface area contributed by atoms with Gasteiger partial charge in [-0.15, -0.1) is 0 Å². The van der Waals surface area contributed by atoms with Gasteiger partial charge in [-0.25, -0.2) is 0 Å². The molecule has 0 unspecified atom stereocenters. The van der Waals surface area contributed by atoms with Gasteiger partial charge in [0.1, 0.15) is 0 Å². The molecule has 0 amide bonds. The summed E-state index contributed by atoms with van der Waals surface area (Å²) in [5.74, 6) is 0. The van der Waals surface area contributed by atoms with Crippen molar-refractivity contribution in [3.8, 4) is 0 Å². The molecule has 3 aromatic rings. The zero-order valence-corrected chi connectivity index (χ0v) is 18.6. The van der Waals surface area contributed by atoms with Crippen molar-refractivity contribution in [2.45, 2.75) is 58.5 Å². The lowest BCUT2D eigenvalue weighted by atomic mass is 9.94. The lowest BCUT2D eigenvalue weighted by Gasteiger charge is -2.36. The van der Waals surface area contributed by atoms with E-state index in [0.717, 1.165) is 17.3 Å². The Labute approximate surface area is 179 Å². The SMILES string of the molecule is Cc1cccc(NC(=S)N(Cc2cn(C)c3ccccc23)C2CCCCC2)c1C. The van der Waals surface area contributed by atoms with Crippen LogP contribution in [0.1, 0.15) is 48.8 Å². The van der Waals surface area contributed by atoms with Crippen LogP contribution in [0, 0.1) is 13.8 Å². The standard InChI is InChI=1S/C25H31N3S/c1-18-10-9-14-23(19(18)2)26-25(29)28(21-11-5-4-6-12-21)17-20-16-27(3)24-15-8-7-13-22(20)24/h7-10,13-16,21H,4-6,11-12,17H2,1-3H3,(H,26,29). The van der Waals surface area contributed by atoms with Crippen molar-refractivity contribution in [2.24, 2.45) is 7.05 Å². The average Bonchev–Trinajstić information content (AvgIpc) is 3.06. The highest BCUT2D eigenvalue weighted by molar-refractivity contribution is 7.80. The van der Waals surface area contributed by atoms with Crippen LogP contribution in [-0.4, -0.2) is 20.6 Å². The summed E-state index contributed by atoms with van der Waals surface area (Å²) in [6, 6.07) is 15.5. The van der Waals surface area contributed by atoms with Crippen molar-refractivity contribution in [1.29, 1.82) is 0 Å². The van der Waals surface area contributed by atoms with Crippen LogP contribution in [0.15, 0.2) is 48.7 Å². The molecule has 2 aromatic carbocycles. The van der Waals surface area contributed by atoms with Crippen LogP contribution in [-0.2, 0) is 13.6 Å². The van der Waals surface area contributed by atoms with Crippen LogP contribution in [0.2, 0.25) is 0 Å². The summed E-state index contributed by atoms with van der Waals surface area (Å²) in [4.78, 5) is 2.44. The Hall–Kier alpha value is -2.33. The summed E-state index contributed by atoms with van der Waals surface area (Å²) in [7, 11) is 2.13. The third-order valence-electron chi connectivity index (χ3n) is 6.44. The molecule has 0 radical (unpaired) electrons. The van der Waals surface area contributed by atoms with Gasteiger partial charge in [0.2, 0.25) is 0 Å². The van der Waals surface area contributed by atoms with Crippen LogP contribution in [0.4, 0.5) is 5.69 Å². The molecule has 1 fully saturated rings. The van der Waals surface area contributed by atoms with Crippen LogP contribution in [0.25, 0.3) is 10.9 Å². The van der Waals surface area contributed by atoms with Crippen molar-refractivity contribution in [3.63, 3.8) is 0 Å². The third-order valence-corrected chi connectivity index (χ3v) is 6.78. The first kappa shape index (κ1) is 20.0. The highest BCUT2D eigenvalue weighted by atomic mass is 32.1. The van der Waals surface area contributed by atoms with Gasteiger partial charge in [-0.2, -0.15) is 0 Å². The molecule has 1 aliphatic carbocycles. The molecular weight excluding hydrogens is 374 g/mol. The van der Waals surface area contributed by atoms with E-state index in [0.29, 0.717) is 6.04 Å². The Morgan fingerprint density at radius 2 is 1.83 bits per heavy atom. The second kappa shape index (κ2) is 8.58. The molecule has 0 aliphatic heterocycles. The van der Waals surface area contributed by atoms with Gasteiger partial charge in [0.05, 0.1) is 0 Å². The van der Waals surface area contributed by atoms with E-state index in [-0.39, 0.29) is 0 Å². The number of hydrogen-bond acceptors (Lipinski definition) is 1. The fraction of sp³-hybridized carbons (Fsp3) is 0.400. The molecule has 3 nitrogen and oxygen atoms in total. The summed E-state index contributed by atoms with van der Waals surface area (Å²) < 4.78 is 2.23. The number of nitrogens with one attached hydrogen (secondary N) is 1. The number of aromatic nitrogens is 1. The summed E-state index contributed by atoms with van der Waals surface area (Å²) >= 11 is 5.98. The first-order valence-corrected chi connectivity index (χ1v) is 11.1. The van der Waals surface area contributed by atoms with Gasteiger partial charge < -0.3 is 14.8 Å². The Morgan fingerprint density at radius 1 is 1.07 bits per heavy atom. The minimum absolute atomic E-state index is 0.507. The Morgan fingerprint density at radius 3 is 2.62 bits per heavy atom. The molecule has 1 N–H and O–H groups in total. The Bertz CT molecular complexity index is 1010. The van der Waals surface area contributed by atoms with E-state index in [1.54, 1.807) is 0 Å². The van der Waals surface area contributed by atoms with Crippen molar-refractivity contribution >= 4 is 33.9 Å². The number of nitrogens with zero attached hydrogens (tertiary/aromatic N) is 2. The van der Waals surface area contributed by atoms with E-state index in [9.17, 15) is 0 Å². The second-order valence-corrected chi connectivity index (χ2v) is 8.77. The topological polar surface area (TPSA) is 20.2 Å². The lowest BCUT2D eigenvalue weighted by molar-refractivity contribution is 0.241. The summed E-state index contributed by atoms with van der Waals surface area (Å²) in [5, 5.41) is 5.74. The molecule has 0 spiro atoms. The van der Waals surface area contributed by atoms with Crippen molar-refractivity contribution in [2.75, 3.05) is 5.32 Å². The van der Waals surface area contributed by atoms with Gasteiger partial charge in [-0.05, 0) is 67.7 Å². The van der Waals surface area contributed by atoms with Gasteiger partial charge in [0.15, 0.2) is 5.11 Å². The fourth-order valence-electron chi connectivity index (χ4n) is 4.57. The highest BCUT2D eigenvalue weighted by Crippen LogP contribution is 2.28. The molecular formula is C25H31N3S. The molecule has 0 saturated heterocycles. The summed E-state index contributed by atoms with van der Waals surface area (Å²) in [6.45, 7) is 5.16. The smallest absolute Gasteiger partial charge is 0.173 e. The van der Waals surface area contributed by atoms with Crippen LogP contribution in [0.5, 0.6) is 0 Å². The maximum absolute atomic E-state index is 5.98. The zero-order chi connectivity index (χ0) is 20.4. The van der Waals surface area contributed by atoms with Crippen molar-refractivity contribution in [1.82, 2.24) is 9.47 Å². The maximum Gasteiger partial charge on any atom is 0.173 e. The van der Waals surface area contributed by atoms with E-state index >= 15 is 0 Å². The van der Waals surface area contributed by atoms with Crippen LogP contribution < -0.4 is 5.32 Å². The van der Waals surface area contributed by atoms with Crippen LogP contribution in [0.3, 0.4) is 0 Å². The fourth-order valence-corrected chi connectivity index (χ4v) is 4.89. The zero-order valence-electron chi connectivity index (χ0n) is 17.7. The maximum atomic E-state index is 5.98. The largest absolute Gasteiger partial charge is 0.350 e. The summed E-state index contributed by atoms with van der Waals surface area (Å²) in [6.07, 6.45) is 8.64. The Kier molecular flexibility index (Phi) is 5.91. The molecule has 1 aromatic heterocycles. The predicted molar refractivity (Wildman–Crippen MR) is 127 cm³/mol. The second-order valence-electron chi connectivity index (χ2n) is 8.38. The number of anilines is 1. The van der Waals surface area contributed by atoms with E-state index < -0.39 is 0 Å². The molecule has 29 heavy (non-hydrogen) atoms. The predicted octanol–water partition coefficient (Wildman–Crippen LogP) is 6.33. The average molecular weight is 406 g/mol. The number of benzene rings is 2. The minimum Gasteiger partial charge on any atom is -0.350 e. The van der Waals surface area contributed by atoms with E-state index in [1.165, 1.54) is 59.7 Å². The number of para-hydroxylation sites is 1. The molecule has 0 bridgehead atoms. The molecule has 4 heteroatoms. The van der Waals surface area contributed by atoms with E-state index in [1.807, 2.05) is 0 Å². The molecule has 1 aliphatic rings. The van der Waals surface area contributed by atoms with Gasteiger partial charge >= 0.3 is 0 Å². The van der Waals surface area contributed by atoms with E-state index in [4.69, 9.17) is 12.2 Å². The molecule has 1 saturated carbocycles. The van der Waals surface area contributed by atoms with Crippen molar-refractivity contribution < 1.29 is 0 Å². The normalized spacial score (nSPS) is 14.9. The van der Waals surface area contributed by atoms with Crippen LogP contribution >= 0.6 is 12.2 Å². The third kappa shape index (κ3) is 4.18. The monoisotopic (exact) mass is 405 g/mol.